The third-order valence-electron chi connectivity index (χ3n) is 5.83. The number of fused-ring (bicyclic) bond motifs is 1. The lowest BCUT2D eigenvalue weighted by Gasteiger charge is -2.24. The van der Waals surface area contributed by atoms with Gasteiger partial charge in [-0.05, 0) is 48.9 Å². The van der Waals surface area contributed by atoms with Gasteiger partial charge in [0.1, 0.15) is 11.6 Å². The number of thioether (sulfide) groups is 1. The number of ether oxygens (including phenoxy) is 1. The third kappa shape index (κ3) is 3.63. The Kier molecular flexibility index (Phi) is 5.28. The Morgan fingerprint density at radius 3 is 2.68 bits per heavy atom. The summed E-state index contributed by atoms with van der Waals surface area (Å²) in [6, 6.07) is 14.9. The normalized spacial score (nSPS) is 15.6. The van der Waals surface area contributed by atoms with Crippen LogP contribution in [0.4, 0.5) is 0 Å². The molecule has 1 aliphatic rings. The monoisotopic (exact) mass is 432 g/mol. The van der Waals surface area contributed by atoms with E-state index >= 15 is 0 Å². The minimum absolute atomic E-state index is 0.268. The predicted molar refractivity (Wildman–Crippen MR) is 122 cm³/mol. The zero-order valence-corrected chi connectivity index (χ0v) is 18.6. The summed E-state index contributed by atoms with van der Waals surface area (Å²) in [6.45, 7) is 2.75. The minimum atomic E-state index is 0.268. The second-order valence-corrected chi connectivity index (χ2v) is 8.54. The summed E-state index contributed by atoms with van der Waals surface area (Å²) in [5.41, 5.74) is 3.15. The molecule has 0 N–H and O–H groups in total. The number of methoxy groups -OCH3 is 1. The second kappa shape index (κ2) is 8.23. The van der Waals surface area contributed by atoms with Crippen molar-refractivity contribution < 1.29 is 9.15 Å². The average molecular weight is 433 g/mol. The molecule has 2 aromatic heterocycles. The van der Waals surface area contributed by atoms with Crippen molar-refractivity contribution in [2.45, 2.75) is 37.1 Å². The van der Waals surface area contributed by atoms with Crippen LogP contribution in [-0.4, -0.2) is 33.1 Å². The molecule has 0 fully saturated rings. The van der Waals surface area contributed by atoms with Crippen LogP contribution in [0, 0.1) is 6.92 Å². The number of aryl methyl sites for hydroxylation is 1. The Morgan fingerprint density at radius 2 is 1.97 bits per heavy atom. The SMILES string of the molecule is COc1cc(-c2nnc3n2CCCC3c2ccc(SC)cc2)ccc1-c1cnc(C)o1. The summed E-state index contributed by atoms with van der Waals surface area (Å²) in [5.74, 6) is 4.23. The lowest BCUT2D eigenvalue weighted by molar-refractivity contribution is 0.414. The van der Waals surface area contributed by atoms with Gasteiger partial charge in [0.25, 0.3) is 0 Å². The molecule has 6 nitrogen and oxygen atoms in total. The molecule has 1 aliphatic heterocycles. The fourth-order valence-electron chi connectivity index (χ4n) is 4.26. The number of aromatic nitrogens is 4. The van der Waals surface area contributed by atoms with Crippen LogP contribution in [0.2, 0.25) is 0 Å². The minimum Gasteiger partial charge on any atom is -0.496 e. The predicted octanol–water partition coefficient (Wildman–Crippen LogP) is 5.56. The second-order valence-electron chi connectivity index (χ2n) is 7.66. The standard InChI is InChI=1S/C24H24N4O2S/c1-15-25-14-22(30-15)20-11-8-17(13-21(20)29-2)23-26-27-24-19(5-4-12-28(23)24)16-6-9-18(31-3)10-7-16/h6-11,13-14,19H,4-5,12H2,1-3H3. The Morgan fingerprint density at radius 1 is 1.13 bits per heavy atom. The smallest absolute Gasteiger partial charge is 0.191 e. The highest BCUT2D eigenvalue weighted by Crippen LogP contribution is 2.38. The van der Waals surface area contributed by atoms with Crippen molar-refractivity contribution in [3.05, 3.63) is 65.9 Å². The molecule has 3 heterocycles. The Bertz CT molecular complexity index is 1210. The first-order chi connectivity index (χ1) is 15.2. The number of rotatable bonds is 5. The van der Waals surface area contributed by atoms with Gasteiger partial charge in [-0.1, -0.05) is 18.2 Å². The maximum atomic E-state index is 5.69. The third-order valence-corrected chi connectivity index (χ3v) is 6.57. The van der Waals surface area contributed by atoms with E-state index in [2.05, 4.69) is 50.3 Å². The van der Waals surface area contributed by atoms with Crippen LogP contribution in [0.25, 0.3) is 22.7 Å². The first kappa shape index (κ1) is 19.9. The number of nitrogens with zero attached hydrogens (tertiary/aromatic N) is 4. The maximum absolute atomic E-state index is 5.69. The maximum Gasteiger partial charge on any atom is 0.191 e. The molecule has 31 heavy (non-hydrogen) atoms. The fourth-order valence-corrected chi connectivity index (χ4v) is 4.67. The van der Waals surface area contributed by atoms with E-state index in [4.69, 9.17) is 9.15 Å². The van der Waals surface area contributed by atoms with Gasteiger partial charge < -0.3 is 13.7 Å². The molecular formula is C24H24N4O2S. The molecule has 4 aromatic rings. The highest BCUT2D eigenvalue weighted by atomic mass is 32.2. The lowest BCUT2D eigenvalue weighted by Crippen LogP contribution is -2.17. The highest BCUT2D eigenvalue weighted by Gasteiger charge is 2.27. The molecule has 0 bridgehead atoms. The molecule has 0 saturated heterocycles. The zero-order chi connectivity index (χ0) is 21.4. The van der Waals surface area contributed by atoms with Crippen LogP contribution in [0.3, 0.4) is 0 Å². The van der Waals surface area contributed by atoms with Crippen LogP contribution in [-0.2, 0) is 6.54 Å². The molecule has 7 heteroatoms. The summed E-state index contributed by atoms with van der Waals surface area (Å²) in [7, 11) is 1.67. The number of hydrogen-bond donors (Lipinski definition) is 0. The number of benzene rings is 2. The van der Waals surface area contributed by atoms with E-state index in [0.29, 0.717) is 11.7 Å². The van der Waals surface area contributed by atoms with E-state index in [9.17, 15) is 0 Å². The van der Waals surface area contributed by atoms with E-state index < -0.39 is 0 Å². The Labute approximate surface area is 185 Å². The molecule has 1 unspecified atom stereocenters. The van der Waals surface area contributed by atoms with Gasteiger partial charge in [-0.2, -0.15) is 0 Å². The van der Waals surface area contributed by atoms with Crippen LogP contribution in [0.15, 0.2) is 58.0 Å². The average Bonchev–Trinajstić information content (AvgIpc) is 3.45. The highest BCUT2D eigenvalue weighted by molar-refractivity contribution is 7.98. The summed E-state index contributed by atoms with van der Waals surface area (Å²) in [6.07, 6.45) is 6.00. The summed E-state index contributed by atoms with van der Waals surface area (Å²) in [4.78, 5) is 5.47. The quantitative estimate of drug-likeness (QED) is 0.384. The molecule has 0 aliphatic carbocycles. The first-order valence-corrected chi connectivity index (χ1v) is 11.6. The van der Waals surface area contributed by atoms with Gasteiger partial charge in [0.2, 0.25) is 0 Å². The first-order valence-electron chi connectivity index (χ1n) is 10.4. The van der Waals surface area contributed by atoms with Crippen molar-refractivity contribution in [1.29, 1.82) is 0 Å². The largest absolute Gasteiger partial charge is 0.496 e. The molecule has 5 rings (SSSR count). The summed E-state index contributed by atoms with van der Waals surface area (Å²) in [5, 5.41) is 9.19. The molecule has 0 saturated carbocycles. The van der Waals surface area contributed by atoms with Gasteiger partial charge >= 0.3 is 0 Å². The van der Waals surface area contributed by atoms with E-state index in [1.807, 2.05) is 25.1 Å². The van der Waals surface area contributed by atoms with Crippen molar-refractivity contribution in [1.82, 2.24) is 19.7 Å². The van der Waals surface area contributed by atoms with E-state index in [1.165, 1.54) is 10.5 Å². The van der Waals surface area contributed by atoms with Crippen LogP contribution in [0.1, 0.15) is 36.0 Å². The molecule has 1 atom stereocenters. The van der Waals surface area contributed by atoms with E-state index in [0.717, 1.165) is 47.9 Å². The summed E-state index contributed by atoms with van der Waals surface area (Å²) < 4.78 is 13.6. The van der Waals surface area contributed by atoms with E-state index in [1.54, 1.807) is 25.1 Å². The van der Waals surface area contributed by atoms with Crippen molar-refractivity contribution >= 4 is 11.8 Å². The molecule has 0 spiro atoms. The summed E-state index contributed by atoms with van der Waals surface area (Å²) >= 11 is 1.76. The fraction of sp³-hybridized carbons (Fsp3) is 0.292. The van der Waals surface area contributed by atoms with Crippen molar-refractivity contribution in [3.63, 3.8) is 0 Å². The zero-order valence-electron chi connectivity index (χ0n) is 17.8. The number of oxazole rings is 1. The van der Waals surface area contributed by atoms with Crippen molar-refractivity contribution in [2.24, 2.45) is 0 Å². The molecular weight excluding hydrogens is 408 g/mol. The van der Waals surface area contributed by atoms with Gasteiger partial charge in [-0.3, -0.25) is 0 Å². The Balaban J connectivity index is 1.51. The van der Waals surface area contributed by atoms with Gasteiger partial charge in [-0.15, -0.1) is 22.0 Å². The van der Waals surface area contributed by atoms with Gasteiger partial charge in [-0.25, -0.2) is 4.98 Å². The topological polar surface area (TPSA) is 66.0 Å². The molecule has 0 radical (unpaired) electrons. The van der Waals surface area contributed by atoms with Gasteiger partial charge in [0.15, 0.2) is 17.5 Å². The molecule has 0 amide bonds. The van der Waals surface area contributed by atoms with Gasteiger partial charge in [0.05, 0.1) is 18.9 Å². The van der Waals surface area contributed by atoms with Crippen LogP contribution in [0.5, 0.6) is 5.75 Å². The van der Waals surface area contributed by atoms with Crippen LogP contribution < -0.4 is 4.74 Å². The van der Waals surface area contributed by atoms with Gasteiger partial charge in [0, 0.05) is 29.8 Å². The van der Waals surface area contributed by atoms with Crippen molar-refractivity contribution in [3.8, 4) is 28.5 Å². The number of hydrogen-bond acceptors (Lipinski definition) is 6. The molecule has 158 valence electrons. The van der Waals surface area contributed by atoms with E-state index in [-0.39, 0.29) is 5.92 Å². The molecule has 2 aromatic carbocycles. The lowest BCUT2D eigenvalue weighted by atomic mass is 9.91. The van der Waals surface area contributed by atoms with Crippen LogP contribution >= 0.6 is 11.8 Å². The van der Waals surface area contributed by atoms with Crippen molar-refractivity contribution in [2.75, 3.05) is 13.4 Å². The Hall–Kier alpha value is -3.06.